The highest BCUT2D eigenvalue weighted by molar-refractivity contribution is 6.07. The van der Waals surface area contributed by atoms with Crippen LogP contribution in [0.25, 0.3) is 6.08 Å². The third-order valence-corrected chi connectivity index (χ3v) is 4.53. The largest absolute Gasteiger partial charge is 0.494 e. The van der Waals surface area contributed by atoms with E-state index in [0.717, 1.165) is 47.6 Å². The van der Waals surface area contributed by atoms with E-state index in [0.29, 0.717) is 31.8 Å². The van der Waals surface area contributed by atoms with Gasteiger partial charge >= 0.3 is 0 Å². The highest BCUT2D eigenvalue weighted by Gasteiger charge is 2.12. The molecule has 0 aliphatic rings. The molecule has 31 heavy (non-hydrogen) atoms. The molecule has 2 aromatic carbocycles. The Bertz CT molecular complexity index is 866. The zero-order chi connectivity index (χ0) is 22.5. The first-order chi connectivity index (χ1) is 15.1. The predicted molar refractivity (Wildman–Crippen MR) is 128 cm³/mol. The van der Waals surface area contributed by atoms with Crippen LogP contribution in [0, 0.1) is 0 Å². The van der Waals surface area contributed by atoms with Gasteiger partial charge in [0.15, 0.2) is 5.78 Å². The molecule has 0 saturated carbocycles. The Kier molecular flexibility index (Phi) is 10.4. The van der Waals surface area contributed by atoms with Crippen molar-refractivity contribution in [1.82, 2.24) is 0 Å². The van der Waals surface area contributed by atoms with E-state index < -0.39 is 0 Å². The molecule has 0 heterocycles. The molecule has 0 saturated heterocycles. The van der Waals surface area contributed by atoms with Gasteiger partial charge in [-0.25, -0.2) is 0 Å². The Labute approximate surface area is 186 Å². The summed E-state index contributed by atoms with van der Waals surface area (Å²) < 4.78 is 17.4. The fourth-order valence-corrected chi connectivity index (χ4v) is 2.99. The molecular formula is C27H34O4. The standard InChI is InChI=1S/C27H34O4/c1-5-9-25-22(19-24(30-17-7-3)20-27(25)31-18-8-4)12-15-26(28)21-10-13-23(14-11-21)29-16-6-2/h5,10-15,19-20H,1,6-9,16-18H2,2-4H3. The van der Waals surface area contributed by atoms with Gasteiger partial charge in [-0.3, -0.25) is 4.79 Å². The van der Waals surface area contributed by atoms with E-state index in [4.69, 9.17) is 14.2 Å². The Morgan fingerprint density at radius 2 is 1.48 bits per heavy atom. The molecule has 0 N–H and O–H groups in total. The molecule has 0 fully saturated rings. The Morgan fingerprint density at radius 3 is 2.10 bits per heavy atom. The molecule has 4 heteroatoms. The van der Waals surface area contributed by atoms with Crippen LogP contribution in [0.5, 0.6) is 17.2 Å². The summed E-state index contributed by atoms with van der Waals surface area (Å²) in [6.07, 6.45) is 8.69. The predicted octanol–water partition coefficient (Wildman–Crippen LogP) is 6.68. The first-order valence-electron chi connectivity index (χ1n) is 11.1. The number of carbonyl (C=O) groups excluding carboxylic acids is 1. The van der Waals surface area contributed by atoms with Gasteiger partial charge in [0.2, 0.25) is 0 Å². The van der Waals surface area contributed by atoms with Crippen LogP contribution in [0.2, 0.25) is 0 Å². The molecule has 0 spiro atoms. The Hall–Kier alpha value is -3.01. The second-order valence-electron chi connectivity index (χ2n) is 7.25. The van der Waals surface area contributed by atoms with Crippen molar-refractivity contribution >= 4 is 11.9 Å². The van der Waals surface area contributed by atoms with Crippen LogP contribution in [-0.2, 0) is 6.42 Å². The molecule has 4 nitrogen and oxygen atoms in total. The molecular weight excluding hydrogens is 388 g/mol. The molecule has 0 bridgehead atoms. The molecule has 2 rings (SSSR count). The number of carbonyl (C=O) groups is 1. The molecule has 0 unspecified atom stereocenters. The van der Waals surface area contributed by atoms with E-state index >= 15 is 0 Å². The van der Waals surface area contributed by atoms with Crippen LogP contribution in [0.1, 0.15) is 61.5 Å². The van der Waals surface area contributed by atoms with Gasteiger partial charge in [0.1, 0.15) is 17.2 Å². The first-order valence-corrected chi connectivity index (χ1v) is 11.1. The fourth-order valence-electron chi connectivity index (χ4n) is 2.99. The maximum atomic E-state index is 12.7. The van der Waals surface area contributed by atoms with Crippen molar-refractivity contribution < 1.29 is 19.0 Å². The summed E-state index contributed by atoms with van der Waals surface area (Å²) in [7, 11) is 0. The quantitative estimate of drug-likeness (QED) is 0.194. The molecule has 2 aromatic rings. The second-order valence-corrected chi connectivity index (χ2v) is 7.25. The van der Waals surface area contributed by atoms with Crippen molar-refractivity contribution in [2.75, 3.05) is 19.8 Å². The number of hydrogen-bond donors (Lipinski definition) is 0. The van der Waals surface area contributed by atoms with Gasteiger partial charge in [0, 0.05) is 17.2 Å². The molecule has 0 aliphatic carbocycles. The summed E-state index contributed by atoms with van der Waals surface area (Å²) in [5.41, 5.74) is 2.52. The van der Waals surface area contributed by atoms with Crippen molar-refractivity contribution in [2.45, 2.75) is 46.5 Å². The molecule has 0 aliphatic heterocycles. The van der Waals surface area contributed by atoms with Crippen molar-refractivity contribution in [3.8, 4) is 17.2 Å². The van der Waals surface area contributed by atoms with E-state index in [1.165, 1.54) is 0 Å². The highest BCUT2D eigenvalue weighted by atomic mass is 16.5. The van der Waals surface area contributed by atoms with Crippen molar-refractivity contribution in [3.05, 3.63) is 71.8 Å². The Morgan fingerprint density at radius 1 is 0.871 bits per heavy atom. The average molecular weight is 423 g/mol. The minimum Gasteiger partial charge on any atom is -0.494 e. The zero-order valence-corrected chi connectivity index (χ0v) is 19.0. The lowest BCUT2D eigenvalue weighted by Gasteiger charge is -2.16. The second kappa shape index (κ2) is 13.3. The summed E-state index contributed by atoms with van der Waals surface area (Å²) in [6, 6.07) is 11.1. The minimum atomic E-state index is -0.0671. The maximum Gasteiger partial charge on any atom is 0.185 e. The van der Waals surface area contributed by atoms with Gasteiger partial charge in [-0.2, -0.15) is 0 Å². The molecule has 0 aromatic heterocycles. The van der Waals surface area contributed by atoms with E-state index in [1.807, 2.05) is 36.4 Å². The molecule has 0 atom stereocenters. The number of benzene rings is 2. The first kappa shape index (κ1) is 24.3. The lowest BCUT2D eigenvalue weighted by molar-refractivity contribution is 0.104. The topological polar surface area (TPSA) is 44.8 Å². The van der Waals surface area contributed by atoms with E-state index in [-0.39, 0.29) is 5.78 Å². The maximum absolute atomic E-state index is 12.7. The molecule has 0 amide bonds. The van der Waals surface area contributed by atoms with Gasteiger partial charge in [-0.15, -0.1) is 6.58 Å². The van der Waals surface area contributed by atoms with Gasteiger partial charge in [-0.05, 0) is 67.7 Å². The van der Waals surface area contributed by atoms with Gasteiger partial charge in [0.05, 0.1) is 19.8 Å². The molecule has 166 valence electrons. The van der Waals surface area contributed by atoms with Crippen LogP contribution in [0.3, 0.4) is 0 Å². The van der Waals surface area contributed by atoms with Crippen molar-refractivity contribution in [1.29, 1.82) is 0 Å². The summed E-state index contributed by atoms with van der Waals surface area (Å²) >= 11 is 0. The van der Waals surface area contributed by atoms with Crippen LogP contribution in [0.15, 0.2) is 55.1 Å². The summed E-state index contributed by atoms with van der Waals surface area (Å²) in [5, 5.41) is 0. The Balaban J connectivity index is 2.29. The number of allylic oxidation sites excluding steroid dienone is 2. The average Bonchev–Trinajstić information content (AvgIpc) is 2.80. The highest BCUT2D eigenvalue weighted by Crippen LogP contribution is 2.31. The van der Waals surface area contributed by atoms with Crippen LogP contribution in [0.4, 0.5) is 0 Å². The summed E-state index contributed by atoms with van der Waals surface area (Å²) in [5.74, 6) is 2.22. The lowest BCUT2D eigenvalue weighted by atomic mass is 10.0. The van der Waals surface area contributed by atoms with E-state index in [9.17, 15) is 4.79 Å². The third-order valence-electron chi connectivity index (χ3n) is 4.53. The summed E-state index contributed by atoms with van der Waals surface area (Å²) in [6.45, 7) is 12.0. The fraction of sp³-hybridized carbons (Fsp3) is 0.370. The van der Waals surface area contributed by atoms with Crippen LogP contribution in [-0.4, -0.2) is 25.6 Å². The van der Waals surface area contributed by atoms with Crippen molar-refractivity contribution in [2.24, 2.45) is 0 Å². The monoisotopic (exact) mass is 422 g/mol. The number of hydrogen-bond acceptors (Lipinski definition) is 4. The third kappa shape index (κ3) is 7.63. The summed E-state index contributed by atoms with van der Waals surface area (Å²) in [4.78, 5) is 12.7. The minimum absolute atomic E-state index is 0.0671. The van der Waals surface area contributed by atoms with Gasteiger partial charge in [-0.1, -0.05) is 32.9 Å². The number of rotatable bonds is 14. The lowest BCUT2D eigenvalue weighted by Crippen LogP contribution is -2.03. The normalized spacial score (nSPS) is 10.8. The van der Waals surface area contributed by atoms with Gasteiger partial charge < -0.3 is 14.2 Å². The van der Waals surface area contributed by atoms with Gasteiger partial charge in [0.25, 0.3) is 0 Å². The van der Waals surface area contributed by atoms with Crippen molar-refractivity contribution in [3.63, 3.8) is 0 Å². The van der Waals surface area contributed by atoms with E-state index in [2.05, 4.69) is 27.4 Å². The smallest absolute Gasteiger partial charge is 0.185 e. The van der Waals surface area contributed by atoms with E-state index in [1.54, 1.807) is 18.2 Å². The molecule has 0 radical (unpaired) electrons. The number of ketones is 1. The van der Waals surface area contributed by atoms with Crippen LogP contribution < -0.4 is 14.2 Å². The van der Waals surface area contributed by atoms with Crippen LogP contribution >= 0.6 is 0 Å². The number of ether oxygens (including phenoxy) is 3. The SMILES string of the molecule is C=CCc1c(C=CC(=O)c2ccc(OCCC)cc2)cc(OCCC)cc1OCCC. The zero-order valence-electron chi connectivity index (χ0n) is 19.0.